The molecule has 1 aliphatic heterocycles. The van der Waals surface area contributed by atoms with E-state index < -0.39 is 0 Å². The molecule has 0 unspecified atom stereocenters. The highest BCUT2D eigenvalue weighted by Crippen LogP contribution is 2.24. The Labute approximate surface area is 125 Å². The van der Waals surface area contributed by atoms with Gasteiger partial charge in [-0.05, 0) is 39.7 Å². The Kier molecular flexibility index (Phi) is 5.50. The number of aromatic nitrogens is 2. The molecule has 1 fully saturated rings. The molecular weight excluding hydrogens is 268 g/mol. The van der Waals surface area contributed by atoms with Gasteiger partial charge in [0.1, 0.15) is 17.7 Å². The third-order valence-electron chi connectivity index (χ3n) is 3.63. The quantitative estimate of drug-likeness (QED) is 0.822. The SMILES string of the molecule is CCOC(=O)[C@@H]1CCCCN1c1cc(CCN)nc(C)n1. The molecule has 0 amide bonds. The molecule has 1 atom stereocenters. The van der Waals surface area contributed by atoms with Crippen LogP contribution >= 0.6 is 0 Å². The molecule has 116 valence electrons. The maximum absolute atomic E-state index is 12.2. The summed E-state index contributed by atoms with van der Waals surface area (Å²) in [7, 11) is 0. The predicted octanol–water partition coefficient (Wildman–Crippen LogP) is 1.21. The van der Waals surface area contributed by atoms with Gasteiger partial charge in [0.2, 0.25) is 0 Å². The van der Waals surface area contributed by atoms with Crippen molar-refractivity contribution in [2.24, 2.45) is 5.73 Å². The minimum Gasteiger partial charge on any atom is -0.464 e. The van der Waals surface area contributed by atoms with Crippen LogP contribution < -0.4 is 10.6 Å². The van der Waals surface area contributed by atoms with Crippen molar-refractivity contribution < 1.29 is 9.53 Å². The summed E-state index contributed by atoms with van der Waals surface area (Å²) < 4.78 is 5.20. The molecule has 0 spiro atoms. The molecule has 6 nitrogen and oxygen atoms in total. The van der Waals surface area contributed by atoms with E-state index in [4.69, 9.17) is 10.5 Å². The highest BCUT2D eigenvalue weighted by molar-refractivity contribution is 5.80. The molecule has 0 saturated carbocycles. The Bertz CT molecular complexity index is 493. The van der Waals surface area contributed by atoms with E-state index in [1.807, 2.05) is 19.9 Å². The van der Waals surface area contributed by atoms with Gasteiger partial charge in [0.15, 0.2) is 0 Å². The molecule has 0 radical (unpaired) electrons. The summed E-state index contributed by atoms with van der Waals surface area (Å²) >= 11 is 0. The van der Waals surface area contributed by atoms with E-state index in [1.165, 1.54) is 0 Å². The number of anilines is 1. The molecule has 21 heavy (non-hydrogen) atoms. The molecule has 0 aliphatic carbocycles. The summed E-state index contributed by atoms with van der Waals surface area (Å²) in [5.74, 6) is 1.36. The first-order valence-electron chi connectivity index (χ1n) is 7.63. The van der Waals surface area contributed by atoms with Crippen LogP contribution in [-0.4, -0.2) is 41.7 Å². The zero-order chi connectivity index (χ0) is 15.2. The number of rotatable bonds is 5. The second-order valence-corrected chi connectivity index (χ2v) is 5.26. The lowest BCUT2D eigenvalue weighted by Gasteiger charge is -2.35. The minimum atomic E-state index is -0.237. The van der Waals surface area contributed by atoms with Crippen molar-refractivity contribution in [3.63, 3.8) is 0 Å². The third kappa shape index (κ3) is 3.91. The van der Waals surface area contributed by atoms with Gasteiger partial charge in [-0.25, -0.2) is 14.8 Å². The largest absolute Gasteiger partial charge is 0.464 e. The molecule has 2 rings (SSSR count). The summed E-state index contributed by atoms with van der Waals surface area (Å²) in [6.45, 7) is 5.48. The Morgan fingerprint density at radius 3 is 3.00 bits per heavy atom. The first kappa shape index (κ1) is 15.7. The summed E-state index contributed by atoms with van der Waals surface area (Å²) in [6, 6.07) is 1.70. The first-order valence-corrected chi connectivity index (χ1v) is 7.63. The number of carbonyl (C=O) groups excluding carboxylic acids is 1. The molecule has 1 aromatic heterocycles. The predicted molar refractivity (Wildman–Crippen MR) is 81.1 cm³/mol. The van der Waals surface area contributed by atoms with E-state index in [1.54, 1.807) is 0 Å². The van der Waals surface area contributed by atoms with Gasteiger partial charge in [-0.15, -0.1) is 0 Å². The van der Waals surface area contributed by atoms with Gasteiger partial charge >= 0.3 is 5.97 Å². The Morgan fingerprint density at radius 2 is 2.29 bits per heavy atom. The molecule has 2 heterocycles. The Hall–Kier alpha value is -1.69. The zero-order valence-electron chi connectivity index (χ0n) is 12.8. The first-order chi connectivity index (χ1) is 10.2. The van der Waals surface area contributed by atoms with E-state index in [0.29, 0.717) is 25.4 Å². The van der Waals surface area contributed by atoms with Crippen LogP contribution in [0.1, 0.15) is 37.7 Å². The molecule has 1 saturated heterocycles. The smallest absolute Gasteiger partial charge is 0.328 e. The second kappa shape index (κ2) is 7.36. The molecule has 6 heteroatoms. The molecule has 0 bridgehead atoms. The second-order valence-electron chi connectivity index (χ2n) is 5.26. The Morgan fingerprint density at radius 1 is 1.48 bits per heavy atom. The van der Waals surface area contributed by atoms with Crippen LogP contribution in [0.3, 0.4) is 0 Å². The standard InChI is InChI=1S/C15H24N4O2/c1-3-21-15(20)13-6-4-5-9-19(13)14-10-12(7-8-16)17-11(2)18-14/h10,13H,3-9,16H2,1-2H3/t13-/m0/s1. The molecular formula is C15H24N4O2. The molecule has 2 N–H and O–H groups in total. The average Bonchev–Trinajstić information content (AvgIpc) is 2.47. The number of piperidine rings is 1. The highest BCUT2D eigenvalue weighted by atomic mass is 16.5. The van der Waals surface area contributed by atoms with Crippen LogP contribution in [0.4, 0.5) is 5.82 Å². The highest BCUT2D eigenvalue weighted by Gasteiger charge is 2.31. The zero-order valence-corrected chi connectivity index (χ0v) is 12.8. The number of aryl methyl sites for hydroxylation is 1. The fourth-order valence-corrected chi connectivity index (χ4v) is 2.72. The van der Waals surface area contributed by atoms with Gasteiger partial charge in [0.25, 0.3) is 0 Å². The molecule has 1 aliphatic rings. The normalized spacial score (nSPS) is 18.6. The van der Waals surface area contributed by atoms with Gasteiger partial charge in [-0.3, -0.25) is 0 Å². The monoisotopic (exact) mass is 292 g/mol. The van der Waals surface area contributed by atoms with Gasteiger partial charge in [-0.1, -0.05) is 0 Å². The number of nitrogens with two attached hydrogens (primary N) is 1. The summed E-state index contributed by atoms with van der Waals surface area (Å²) in [5, 5.41) is 0. The fraction of sp³-hybridized carbons (Fsp3) is 0.667. The van der Waals surface area contributed by atoms with Crippen molar-refractivity contribution in [2.45, 2.75) is 45.6 Å². The van der Waals surface area contributed by atoms with E-state index in [-0.39, 0.29) is 12.0 Å². The lowest BCUT2D eigenvalue weighted by atomic mass is 10.0. The number of esters is 1. The van der Waals surface area contributed by atoms with Gasteiger partial charge in [0, 0.05) is 24.7 Å². The van der Waals surface area contributed by atoms with E-state index >= 15 is 0 Å². The maximum Gasteiger partial charge on any atom is 0.328 e. The number of carbonyl (C=O) groups is 1. The van der Waals surface area contributed by atoms with Crippen molar-refractivity contribution in [2.75, 3.05) is 24.6 Å². The molecule has 0 aromatic carbocycles. The van der Waals surface area contributed by atoms with Crippen LogP contribution in [0.2, 0.25) is 0 Å². The van der Waals surface area contributed by atoms with Gasteiger partial charge < -0.3 is 15.4 Å². The van der Waals surface area contributed by atoms with Crippen molar-refractivity contribution in [3.05, 3.63) is 17.6 Å². The van der Waals surface area contributed by atoms with Crippen LogP contribution in [-0.2, 0) is 16.0 Å². The topological polar surface area (TPSA) is 81.3 Å². The van der Waals surface area contributed by atoms with Crippen molar-refractivity contribution in [3.8, 4) is 0 Å². The van der Waals surface area contributed by atoms with Crippen molar-refractivity contribution >= 4 is 11.8 Å². The fourth-order valence-electron chi connectivity index (χ4n) is 2.72. The van der Waals surface area contributed by atoms with Crippen LogP contribution in [0.5, 0.6) is 0 Å². The maximum atomic E-state index is 12.2. The third-order valence-corrected chi connectivity index (χ3v) is 3.63. The van der Waals surface area contributed by atoms with Crippen LogP contribution in [0.25, 0.3) is 0 Å². The minimum absolute atomic E-state index is 0.158. The summed E-state index contributed by atoms with van der Waals surface area (Å²) in [5.41, 5.74) is 6.53. The number of nitrogens with zero attached hydrogens (tertiary/aromatic N) is 3. The van der Waals surface area contributed by atoms with Crippen molar-refractivity contribution in [1.82, 2.24) is 9.97 Å². The summed E-state index contributed by atoms with van der Waals surface area (Å²) in [4.78, 5) is 23.1. The number of ether oxygens (including phenoxy) is 1. The van der Waals surface area contributed by atoms with Crippen LogP contribution in [0, 0.1) is 6.92 Å². The lowest BCUT2D eigenvalue weighted by molar-refractivity contribution is -0.145. The summed E-state index contributed by atoms with van der Waals surface area (Å²) in [6.07, 6.45) is 3.63. The Balaban J connectivity index is 2.26. The van der Waals surface area contributed by atoms with E-state index in [2.05, 4.69) is 14.9 Å². The van der Waals surface area contributed by atoms with Crippen LogP contribution in [0.15, 0.2) is 6.07 Å². The lowest BCUT2D eigenvalue weighted by Crippen LogP contribution is -2.46. The molecule has 1 aromatic rings. The van der Waals surface area contributed by atoms with Gasteiger partial charge in [0.05, 0.1) is 6.61 Å². The number of hydrogen-bond acceptors (Lipinski definition) is 6. The average molecular weight is 292 g/mol. The van der Waals surface area contributed by atoms with Gasteiger partial charge in [-0.2, -0.15) is 0 Å². The number of hydrogen-bond donors (Lipinski definition) is 1. The van der Waals surface area contributed by atoms with E-state index in [9.17, 15) is 4.79 Å². The van der Waals surface area contributed by atoms with Crippen molar-refractivity contribution in [1.29, 1.82) is 0 Å². The van der Waals surface area contributed by atoms with E-state index in [0.717, 1.165) is 37.3 Å².